The second-order valence-corrected chi connectivity index (χ2v) is 28.7. The van der Waals surface area contributed by atoms with Crippen molar-refractivity contribution in [1.29, 1.82) is 0 Å². The Labute approximate surface area is 320 Å². The van der Waals surface area contributed by atoms with Crippen molar-refractivity contribution in [1.82, 2.24) is 0 Å². The van der Waals surface area contributed by atoms with Gasteiger partial charge < -0.3 is 8.85 Å². The van der Waals surface area contributed by atoms with Crippen LogP contribution >= 0.6 is 0 Å². The summed E-state index contributed by atoms with van der Waals surface area (Å²) in [4.78, 5) is 0. The molecule has 0 aromatic carbocycles. The molecule has 0 amide bonds. The molecule has 0 N–H and O–H groups in total. The van der Waals surface area contributed by atoms with Crippen LogP contribution in [0, 0.1) is 60.4 Å². The summed E-state index contributed by atoms with van der Waals surface area (Å²) in [7, 11) is -3.86. The van der Waals surface area contributed by atoms with E-state index >= 15 is 0 Å². The molecule has 284 valence electrons. The Kier molecular flexibility index (Phi) is 18.8. The van der Waals surface area contributed by atoms with E-state index in [-0.39, 0.29) is 44.1 Å². The van der Waals surface area contributed by atoms with E-state index in [4.69, 9.17) is 22.8 Å². The molecule has 0 aromatic rings. The number of fused-ring (bicyclic) bond motifs is 5. The van der Waals surface area contributed by atoms with Gasteiger partial charge in [-0.15, -0.1) is 0 Å². The zero-order chi connectivity index (χ0) is 38.4. The van der Waals surface area contributed by atoms with E-state index < -0.39 is 16.6 Å². The minimum absolute atomic E-state index is 0. The number of hydrogen-bond acceptors (Lipinski definition) is 2. The van der Waals surface area contributed by atoms with Gasteiger partial charge >= 0.3 is 33.9 Å². The van der Waals surface area contributed by atoms with Gasteiger partial charge in [0.05, 0.1) is 6.10 Å². The Balaban J connectivity index is 0.00000325. The molecule has 0 saturated heterocycles. The van der Waals surface area contributed by atoms with Gasteiger partial charge in [0.15, 0.2) is 16.6 Å². The molecule has 2 saturated carbocycles. The summed E-state index contributed by atoms with van der Waals surface area (Å²) in [5.41, 5.74) is 3.70. The Morgan fingerprint density at radius 1 is 0.840 bits per heavy atom. The van der Waals surface area contributed by atoms with E-state index in [0.29, 0.717) is 35.7 Å². The van der Waals surface area contributed by atoms with Crippen LogP contribution in [0.1, 0.15) is 121 Å². The fraction of sp³-hybridized carbons (Fsp3) is 0.786. The molecule has 4 rings (SSSR count). The van der Waals surface area contributed by atoms with Crippen molar-refractivity contribution in [2.75, 3.05) is 0 Å². The standard InChI is InChI=1S/C39H70O2Si2.3CO.Fe/c1-27(2)19-24-33(40-42(12,13)36(4,5)6)28(3)31-22-23-32-30-21-20-29-18-16-17-25-38(29,10)35(30)34(26-39(31,32)11)41-43(14,15)37(7,8)9;3*1-2;/h16,18,20-21,27-28,31-35H,17,19,22-26H2,1-15H3;;;;/t28-,31+,32-,33+,34+,35+,38-,39+;;;;/m0..../s1. The first kappa shape index (κ1) is 49.3. The van der Waals surface area contributed by atoms with Crippen LogP contribution in [0.3, 0.4) is 0 Å². The normalized spacial score (nSPS) is 30.0. The maximum absolute atomic E-state index is 7.62. The van der Waals surface area contributed by atoms with Gasteiger partial charge in [-0.05, 0) is 116 Å². The molecule has 8 atom stereocenters. The van der Waals surface area contributed by atoms with E-state index in [2.05, 4.69) is 147 Å². The summed E-state index contributed by atoms with van der Waals surface area (Å²) >= 11 is 0. The maximum atomic E-state index is 7.62. The smallest absolute Gasteiger partial charge is 0 e. The molecule has 0 aliphatic heterocycles. The van der Waals surface area contributed by atoms with Gasteiger partial charge in [-0.1, -0.05) is 106 Å². The summed E-state index contributed by atoms with van der Waals surface area (Å²) in [5.74, 6) is 3.08. The van der Waals surface area contributed by atoms with Crippen molar-refractivity contribution in [2.45, 2.75) is 170 Å². The Bertz CT molecular complexity index is 1230. The average Bonchev–Trinajstić information content (AvgIpc) is 3.36. The maximum Gasteiger partial charge on any atom is 0 e. The molecule has 0 spiro atoms. The molecule has 2 fully saturated rings. The molecule has 5 nitrogen and oxygen atoms in total. The fourth-order valence-corrected chi connectivity index (χ4v) is 11.8. The Morgan fingerprint density at radius 2 is 1.38 bits per heavy atom. The summed E-state index contributed by atoms with van der Waals surface area (Å²) < 4.78 is 37.5. The molecule has 4 aliphatic carbocycles. The second-order valence-electron chi connectivity index (χ2n) is 19.2. The van der Waals surface area contributed by atoms with Crippen molar-refractivity contribution in [3.05, 3.63) is 55.4 Å². The van der Waals surface area contributed by atoms with Gasteiger partial charge in [-0.2, -0.15) is 0 Å². The van der Waals surface area contributed by atoms with Crippen molar-refractivity contribution in [3.63, 3.8) is 0 Å². The molecule has 50 heavy (non-hydrogen) atoms. The van der Waals surface area contributed by atoms with E-state index in [0.717, 1.165) is 0 Å². The molecular weight excluding hydrogens is 696 g/mol. The zero-order valence-electron chi connectivity index (χ0n) is 34.2. The quantitative estimate of drug-likeness (QED) is 0.133. The van der Waals surface area contributed by atoms with Gasteiger partial charge in [-0.3, -0.25) is 0 Å². The number of allylic oxidation sites excluding steroid dienone is 5. The third-order valence-corrected chi connectivity index (χ3v) is 22.9. The molecule has 0 aromatic heterocycles. The third kappa shape index (κ3) is 10.3. The molecule has 4 aliphatic rings. The molecule has 0 unspecified atom stereocenters. The van der Waals surface area contributed by atoms with Crippen LogP contribution in [0.15, 0.2) is 35.5 Å². The molecule has 0 heterocycles. The monoisotopic (exact) mass is 766 g/mol. The minimum Gasteiger partial charge on any atom is 0 e. The largest absolute Gasteiger partial charge is 0 e. The van der Waals surface area contributed by atoms with Crippen LogP contribution < -0.4 is 0 Å². The van der Waals surface area contributed by atoms with Gasteiger partial charge in [0, 0.05) is 34.5 Å². The van der Waals surface area contributed by atoms with Crippen molar-refractivity contribution < 1.29 is 39.9 Å². The van der Waals surface area contributed by atoms with Gasteiger partial charge in [0.1, 0.15) is 0 Å². The van der Waals surface area contributed by atoms with E-state index in [9.17, 15) is 0 Å². The number of hydrogen-bond donors (Lipinski definition) is 0. The summed E-state index contributed by atoms with van der Waals surface area (Å²) in [6, 6.07) is 0. The second kappa shape index (κ2) is 19.1. The van der Waals surface area contributed by atoms with E-state index in [1.807, 2.05) is 0 Å². The summed E-state index contributed by atoms with van der Waals surface area (Å²) in [6.07, 6.45) is 19.3. The number of rotatable bonds is 9. The van der Waals surface area contributed by atoms with Crippen molar-refractivity contribution in [2.24, 2.45) is 40.4 Å². The molecule has 0 radical (unpaired) electrons. The van der Waals surface area contributed by atoms with Gasteiger partial charge in [0.2, 0.25) is 0 Å². The third-order valence-electron chi connectivity index (χ3n) is 13.9. The predicted octanol–water partition coefficient (Wildman–Crippen LogP) is 12.0. The first-order chi connectivity index (χ1) is 22.6. The zero-order valence-corrected chi connectivity index (χ0v) is 37.3. The fourth-order valence-electron chi connectivity index (χ4n) is 9.05. The summed E-state index contributed by atoms with van der Waals surface area (Å²) in [5, 5.41) is 0.433. The van der Waals surface area contributed by atoms with Crippen LogP contribution in [-0.4, -0.2) is 28.8 Å². The van der Waals surface area contributed by atoms with Crippen molar-refractivity contribution in [3.8, 4) is 0 Å². The predicted molar refractivity (Wildman–Crippen MR) is 204 cm³/mol. The van der Waals surface area contributed by atoms with Crippen molar-refractivity contribution >= 4 is 16.6 Å². The molecule has 0 bridgehead atoms. The SMILES string of the molecule is CC(C)CC[C@@H](O[Si](C)(C)C(C)(C)C)[C@@H](C)[C@H]1CC[C@H]2C3=CC=C4C=CCC[C@]4(C)[C@H]3[C@H](O[Si](C)(C)C(C)(C)C)C[C@]12C.[C-]#[O+].[C-]#[O+].[C-]#[O+].[Fe]. The van der Waals surface area contributed by atoms with Crippen LogP contribution in [0.25, 0.3) is 0 Å². The first-order valence-corrected chi connectivity index (χ1v) is 24.4. The van der Waals surface area contributed by atoms with Crippen LogP contribution in [0.4, 0.5) is 0 Å². The van der Waals surface area contributed by atoms with Gasteiger partial charge in [-0.25, -0.2) is 0 Å². The first-order valence-electron chi connectivity index (χ1n) is 18.6. The van der Waals surface area contributed by atoms with Crippen LogP contribution in [0.2, 0.25) is 36.3 Å². The van der Waals surface area contributed by atoms with Crippen LogP contribution in [-0.2, 0) is 39.9 Å². The Morgan fingerprint density at radius 3 is 1.88 bits per heavy atom. The Hall–Kier alpha value is -0.687. The average molecular weight is 767 g/mol. The van der Waals surface area contributed by atoms with Crippen LogP contribution in [0.5, 0.6) is 0 Å². The van der Waals surface area contributed by atoms with E-state index in [1.165, 1.54) is 44.9 Å². The molecule has 8 heteroatoms. The minimum atomic E-state index is -1.97. The van der Waals surface area contributed by atoms with E-state index in [1.54, 1.807) is 11.1 Å². The molecular formula is C42H70FeO5Si2. The topological polar surface area (TPSA) is 78.2 Å². The van der Waals surface area contributed by atoms with Gasteiger partial charge in [0.25, 0.3) is 0 Å². The summed E-state index contributed by atoms with van der Waals surface area (Å²) in [6.45, 7) is 50.4.